The van der Waals surface area contributed by atoms with Crippen LogP contribution < -0.4 is 15.5 Å². The second kappa shape index (κ2) is 7.81. The van der Waals surface area contributed by atoms with Gasteiger partial charge in [0, 0.05) is 36.2 Å². The summed E-state index contributed by atoms with van der Waals surface area (Å²) in [6.07, 6.45) is -3.74. The molecule has 9 heteroatoms. The van der Waals surface area contributed by atoms with Crippen LogP contribution in [0.15, 0.2) is 30.3 Å². The molecule has 1 aliphatic rings. The molecular weight excluding hydrogens is 359 g/mol. The van der Waals surface area contributed by atoms with Crippen molar-refractivity contribution in [1.82, 2.24) is 9.97 Å². The van der Waals surface area contributed by atoms with Gasteiger partial charge >= 0.3 is 6.18 Å². The van der Waals surface area contributed by atoms with Crippen molar-refractivity contribution in [3.63, 3.8) is 0 Å². The summed E-state index contributed by atoms with van der Waals surface area (Å²) < 4.78 is 36.6. The molecule has 0 unspecified atom stereocenters. The molecule has 2 aromatic rings. The van der Waals surface area contributed by atoms with Gasteiger partial charge < -0.3 is 15.5 Å². The molecule has 6 nitrogen and oxygen atoms in total. The Kier molecular flexibility index (Phi) is 5.48. The van der Waals surface area contributed by atoms with Gasteiger partial charge in [0.1, 0.15) is 12.2 Å². The lowest BCUT2D eigenvalue weighted by Gasteiger charge is -2.17. The second-order valence-corrected chi connectivity index (χ2v) is 6.43. The van der Waals surface area contributed by atoms with Crippen LogP contribution in [0.1, 0.15) is 25.0 Å². The van der Waals surface area contributed by atoms with Crippen molar-refractivity contribution in [2.75, 3.05) is 28.6 Å². The van der Waals surface area contributed by atoms with Crippen LogP contribution in [0.3, 0.4) is 0 Å². The first-order chi connectivity index (χ1) is 12.8. The fourth-order valence-electron chi connectivity index (χ4n) is 2.87. The number of aromatic nitrogens is 2. The molecule has 1 fully saturated rings. The van der Waals surface area contributed by atoms with Gasteiger partial charge in [-0.1, -0.05) is 0 Å². The Labute approximate surface area is 154 Å². The smallest absolute Gasteiger partial charge is 0.356 e. The Hall–Kier alpha value is -2.84. The van der Waals surface area contributed by atoms with E-state index in [4.69, 9.17) is 0 Å². The zero-order valence-electron chi connectivity index (χ0n) is 14.8. The van der Waals surface area contributed by atoms with E-state index in [0.29, 0.717) is 11.6 Å². The zero-order chi connectivity index (χ0) is 19.4. The van der Waals surface area contributed by atoms with E-state index in [0.717, 1.165) is 37.4 Å². The molecule has 2 N–H and O–H groups in total. The lowest BCUT2D eigenvalue weighted by molar-refractivity contribution is -0.150. The molecule has 1 aliphatic heterocycles. The average Bonchev–Trinajstić information content (AvgIpc) is 3.09. The standard InChI is InChI=1S/C18H20F3N5O/c1-12-10-15(26-8-2-3-9-26)25-17(22-12)24-14-6-4-13(5-7-14)23-16(27)11-18(19,20)21/h4-7,10H,2-3,8-9,11H2,1H3,(H,23,27)(H,22,24,25). The first-order valence-electron chi connectivity index (χ1n) is 8.63. The highest BCUT2D eigenvalue weighted by atomic mass is 19.4. The van der Waals surface area contributed by atoms with Crippen molar-refractivity contribution in [2.24, 2.45) is 0 Å². The third-order valence-corrected chi connectivity index (χ3v) is 4.06. The number of nitrogens with one attached hydrogen (secondary N) is 2. The van der Waals surface area contributed by atoms with E-state index in [-0.39, 0.29) is 5.69 Å². The number of amides is 1. The van der Waals surface area contributed by atoms with Crippen molar-refractivity contribution in [3.8, 4) is 0 Å². The highest BCUT2D eigenvalue weighted by Crippen LogP contribution is 2.23. The molecule has 0 saturated carbocycles. The van der Waals surface area contributed by atoms with E-state index in [1.165, 1.54) is 12.1 Å². The molecule has 144 valence electrons. The van der Waals surface area contributed by atoms with Crippen LogP contribution in [0.25, 0.3) is 0 Å². The minimum atomic E-state index is -4.53. The number of hydrogen-bond acceptors (Lipinski definition) is 5. The zero-order valence-corrected chi connectivity index (χ0v) is 14.8. The molecule has 0 spiro atoms. The number of halogens is 3. The van der Waals surface area contributed by atoms with E-state index in [1.807, 2.05) is 13.0 Å². The number of benzene rings is 1. The minimum Gasteiger partial charge on any atom is -0.356 e. The number of nitrogens with zero attached hydrogens (tertiary/aromatic N) is 3. The van der Waals surface area contributed by atoms with E-state index in [1.54, 1.807) is 12.1 Å². The van der Waals surface area contributed by atoms with Crippen molar-refractivity contribution in [3.05, 3.63) is 36.0 Å². The normalized spacial score (nSPS) is 14.3. The topological polar surface area (TPSA) is 70.2 Å². The van der Waals surface area contributed by atoms with Gasteiger partial charge in [0.15, 0.2) is 0 Å². The number of anilines is 4. The summed E-state index contributed by atoms with van der Waals surface area (Å²) in [5, 5.41) is 5.31. The number of aryl methyl sites for hydroxylation is 1. The average molecular weight is 379 g/mol. The van der Waals surface area contributed by atoms with Crippen LogP contribution in [0.5, 0.6) is 0 Å². The minimum absolute atomic E-state index is 0.290. The Bertz CT molecular complexity index is 802. The Morgan fingerprint density at radius 2 is 1.74 bits per heavy atom. The molecule has 27 heavy (non-hydrogen) atoms. The SMILES string of the molecule is Cc1cc(N2CCCC2)nc(Nc2ccc(NC(=O)CC(F)(F)F)cc2)n1. The molecule has 1 aromatic carbocycles. The van der Waals surface area contributed by atoms with Gasteiger partial charge in [-0.3, -0.25) is 4.79 Å². The molecule has 0 bridgehead atoms. The number of alkyl halides is 3. The molecule has 1 saturated heterocycles. The van der Waals surface area contributed by atoms with E-state index in [9.17, 15) is 18.0 Å². The quantitative estimate of drug-likeness (QED) is 0.821. The van der Waals surface area contributed by atoms with Gasteiger partial charge in [-0.25, -0.2) is 4.98 Å². The number of hydrogen-bond donors (Lipinski definition) is 2. The van der Waals surface area contributed by atoms with Crippen LogP contribution in [0.4, 0.5) is 36.3 Å². The number of rotatable bonds is 5. The first kappa shape index (κ1) is 18.9. The summed E-state index contributed by atoms with van der Waals surface area (Å²) in [5.41, 5.74) is 1.80. The van der Waals surface area contributed by atoms with Crippen LogP contribution in [0, 0.1) is 6.92 Å². The third-order valence-electron chi connectivity index (χ3n) is 4.06. The van der Waals surface area contributed by atoms with Gasteiger partial charge in [0.2, 0.25) is 11.9 Å². The van der Waals surface area contributed by atoms with Crippen molar-refractivity contribution in [2.45, 2.75) is 32.4 Å². The summed E-state index contributed by atoms with van der Waals surface area (Å²) >= 11 is 0. The first-order valence-corrected chi connectivity index (χ1v) is 8.63. The lowest BCUT2D eigenvalue weighted by Crippen LogP contribution is -2.21. The summed E-state index contributed by atoms with van der Waals surface area (Å²) in [5.74, 6) is 0.227. The van der Waals surface area contributed by atoms with Crippen LogP contribution in [-0.2, 0) is 4.79 Å². The summed E-state index contributed by atoms with van der Waals surface area (Å²) in [6.45, 7) is 3.84. The fraction of sp³-hybridized carbons (Fsp3) is 0.389. The highest BCUT2D eigenvalue weighted by Gasteiger charge is 2.31. The van der Waals surface area contributed by atoms with Crippen LogP contribution >= 0.6 is 0 Å². The van der Waals surface area contributed by atoms with Crippen molar-refractivity contribution in [1.29, 1.82) is 0 Å². The third kappa shape index (κ3) is 5.57. The van der Waals surface area contributed by atoms with Gasteiger partial charge in [-0.2, -0.15) is 18.2 Å². The molecule has 1 amide bonds. The molecular formula is C18H20F3N5O. The second-order valence-electron chi connectivity index (χ2n) is 6.43. The number of carbonyl (C=O) groups excluding carboxylic acids is 1. The summed E-state index contributed by atoms with van der Waals surface area (Å²) in [4.78, 5) is 22.4. The van der Waals surface area contributed by atoms with Gasteiger partial charge in [-0.05, 0) is 44.0 Å². The van der Waals surface area contributed by atoms with Crippen LogP contribution in [0.2, 0.25) is 0 Å². The monoisotopic (exact) mass is 379 g/mol. The predicted molar refractivity (Wildman–Crippen MR) is 97.2 cm³/mol. The van der Waals surface area contributed by atoms with E-state index >= 15 is 0 Å². The van der Waals surface area contributed by atoms with Gasteiger partial charge in [-0.15, -0.1) is 0 Å². The maximum atomic E-state index is 12.2. The maximum absolute atomic E-state index is 12.2. The lowest BCUT2D eigenvalue weighted by atomic mass is 10.2. The van der Waals surface area contributed by atoms with Crippen molar-refractivity contribution < 1.29 is 18.0 Å². The molecule has 0 atom stereocenters. The number of carbonyl (C=O) groups is 1. The van der Waals surface area contributed by atoms with E-state index < -0.39 is 18.5 Å². The van der Waals surface area contributed by atoms with Crippen LogP contribution in [-0.4, -0.2) is 35.1 Å². The van der Waals surface area contributed by atoms with Gasteiger partial charge in [0.05, 0.1) is 0 Å². The molecule has 2 heterocycles. The fourth-order valence-corrected chi connectivity index (χ4v) is 2.87. The molecule has 1 aromatic heterocycles. The molecule has 0 radical (unpaired) electrons. The van der Waals surface area contributed by atoms with Crippen molar-refractivity contribution >= 4 is 29.0 Å². The molecule has 0 aliphatic carbocycles. The maximum Gasteiger partial charge on any atom is 0.397 e. The van der Waals surface area contributed by atoms with E-state index in [2.05, 4.69) is 25.5 Å². The highest BCUT2D eigenvalue weighted by molar-refractivity contribution is 5.91. The Morgan fingerprint density at radius 1 is 1.11 bits per heavy atom. The Balaban J connectivity index is 1.65. The predicted octanol–water partition coefficient (Wildman–Crippen LogP) is 4.02. The summed E-state index contributed by atoms with van der Waals surface area (Å²) in [6, 6.07) is 8.27. The molecule has 3 rings (SSSR count). The Morgan fingerprint density at radius 3 is 2.37 bits per heavy atom. The van der Waals surface area contributed by atoms with Gasteiger partial charge in [0.25, 0.3) is 0 Å². The summed E-state index contributed by atoms with van der Waals surface area (Å²) in [7, 11) is 0. The largest absolute Gasteiger partial charge is 0.397 e.